The summed E-state index contributed by atoms with van der Waals surface area (Å²) in [5.41, 5.74) is 1.64. The van der Waals surface area contributed by atoms with Gasteiger partial charge >= 0.3 is 6.18 Å². The third kappa shape index (κ3) is 4.64. The number of alkyl halides is 3. The molecular weight excluding hydrogens is 718 g/mol. The third-order valence-electron chi connectivity index (χ3n) is 10.1. The number of hydrogen-bond donors (Lipinski definition) is 2. The zero-order valence-corrected chi connectivity index (χ0v) is 27.4. The minimum absolute atomic E-state index is 0.0305. The van der Waals surface area contributed by atoms with E-state index < -0.39 is 41.2 Å². The lowest BCUT2D eigenvalue weighted by Crippen LogP contribution is -2.29. The molecule has 7 aromatic rings. The molecule has 53 heavy (non-hydrogen) atoms. The van der Waals surface area contributed by atoms with Crippen molar-refractivity contribution in [1.29, 1.82) is 0 Å². The van der Waals surface area contributed by atoms with E-state index in [0.29, 0.717) is 44.7 Å². The van der Waals surface area contributed by atoms with E-state index in [9.17, 15) is 27.6 Å². The number of carbonyl (C=O) groups excluding carboxylic acids is 2. The molecular formula is C36H20ClF4N9O3. The second-order valence-corrected chi connectivity index (χ2v) is 13.6. The molecule has 3 aliphatic rings. The van der Waals surface area contributed by atoms with Gasteiger partial charge in [0.25, 0.3) is 17.4 Å². The summed E-state index contributed by atoms with van der Waals surface area (Å²) in [6, 6.07) is 18.5. The summed E-state index contributed by atoms with van der Waals surface area (Å²) in [6.07, 6.45) is -3.22. The Labute approximate surface area is 298 Å². The van der Waals surface area contributed by atoms with Crippen molar-refractivity contribution < 1.29 is 27.2 Å². The molecule has 2 amide bonds. The Balaban J connectivity index is 0.985. The van der Waals surface area contributed by atoms with Crippen molar-refractivity contribution in [2.24, 2.45) is 5.92 Å². The fourth-order valence-corrected chi connectivity index (χ4v) is 7.80. The Morgan fingerprint density at radius 1 is 0.887 bits per heavy atom. The van der Waals surface area contributed by atoms with Crippen molar-refractivity contribution in [3.05, 3.63) is 129 Å². The highest BCUT2D eigenvalue weighted by Crippen LogP contribution is 2.60. The highest BCUT2D eigenvalue weighted by Gasteiger charge is 2.54. The van der Waals surface area contributed by atoms with Gasteiger partial charge in [-0.2, -0.15) is 22.7 Å². The number of aromatic nitrogens is 8. The van der Waals surface area contributed by atoms with Gasteiger partial charge in [-0.3, -0.25) is 19.5 Å². The molecule has 3 aromatic carbocycles. The molecule has 12 nitrogen and oxygen atoms in total. The molecule has 6 heterocycles. The molecule has 2 aliphatic heterocycles. The van der Waals surface area contributed by atoms with Crippen molar-refractivity contribution in [2.75, 3.05) is 4.90 Å². The zero-order valence-electron chi connectivity index (χ0n) is 26.7. The van der Waals surface area contributed by atoms with Crippen molar-refractivity contribution in [3.63, 3.8) is 0 Å². The van der Waals surface area contributed by atoms with Crippen LogP contribution in [0.2, 0.25) is 5.02 Å². The first-order valence-corrected chi connectivity index (χ1v) is 16.6. The number of imide groups is 1. The van der Waals surface area contributed by atoms with Crippen LogP contribution in [-0.2, 0) is 6.18 Å². The number of benzene rings is 3. The number of amides is 2. The zero-order chi connectivity index (χ0) is 36.5. The van der Waals surface area contributed by atoms with E-state index in [1.165, 1.54) is 18.2 Å². The minimum atomic E-state index is -4.70. The summed E-state index contributed by atoms with van der Waals surface area (Å²) in [6.45, 7) is 0. The van der Waals surface area contributed by atoms with Crippen LogP contribution in [0.3, 0.4) is 0 Å². The lowest BCUT2D eigenvalue weighted by atomic mass is 10.0. The second kappa shape index (κ2) is 10.8. The Morgan fingerprint density at radius 2 is 1.66 bits per heavy atom. The van der Waals surface area contributed by atoms with Crippen LogP contribution in [0.4, 0.5) is 23.4 Å². The fourth-order valence-electron chi connectivity index (χ4n) is 7.62. The van der Waals surface area contributed by atoms with Gasteiger partial charge in [0.2, 0.25) is 5.95 Å². The van der Waals surface area contributed by atoms with Gasteiger partial charge in [-0.15, -0.1) is 5.10 Å². The summed E-state index contributed by atoms with van der Waals surface area (Å²) >= 11 is 6.30. The van der Waals surface area contributed by atoms with E-state index in [0.717, 1.165) is 15.8 Å². The highest BCUT2D eigenvalue weighted by atomic mass is 35.5. The highest BCUT2D eigenvalue weighted by molar-refractivity contribution is 6.35. The van der Waals surface area contributed by atoms with Crippen LogP contribution in [0.15, 0.2) is 83.8 Å². The van der Waals surface area contributed by atoms with E-state index in [2.05, 4.69) is 30.5 Å². The molecule has 1 fully saturated rings. The molecule has 262 valence electrons. The van der Waals surface area contributed by atoms with Crippen molar-refractivity contribution in [2.45, 2.75) is 24.6 Å². The number of carbonyl (C=O) groups is 2. The van der Waals surface area contributed by atoms with Crippen molar-refractivity contribution in [3.8, 4) is 28.1 Å². The van der Waals surface area contributed by atoms with Crippen LogP contribution in [-0.4, -0.2) is 51.5 Å². The van der Waals surface area contributed by atoms with Gasteiger partial charge in [0.05, 0.1) is 34.6 Å². The van der Waals surface area contributed by atoms with Gasteiger partial charge < -0.3 is 9.55 Å². The van der Waals surface area contributed by atoms with Crippen LogP contribution in [0, 0.1) is 11.9 Å². The molecule has 1 saturated carbocycles. The normalized spacial score (nSPS) is 18.9. The summed E-state index contributed by atoms with van der Waals surface area (Å²) in [7, 11) is 0. The predicted octanol–water partition coefficient (Wildman–Crippen LogP) is 6.68. The number of H-pyrrole nitrogens is 2. The Morgan fingerprint density at radius 3 is 2.40 bits per heavy atom. The first kappa shape index (κ1) is 31.3. The molecule has 1 unspecified atom stereocenters. The quantitative estimate of drug-likeness (QED) is 0.148. The van der Waals surface area contributed by atoms with E-state index in [1.807, 2.05) is 0 Å². The van der Waals surface area contributed by atoms with Crippen molar-refractivity contribution in [1.82, 2.24) is 39.7 Å². The number of aromatic amines is 2. The Bertz CT molecular complexity index is 2770. The van der Waals surface area contributed by atoms with Crippen LogP contribution in [0.25, 0.3) is 39.0 Å². The number of fused-ring (bicyclic) bond motifs is 5. The summed E-state index contributed by atoms with van der Waals surface area (Å²) in [5, 5.41) is 14.8. The standard InChI is InChI=1S/C36H20ClF4N9O3/c37-17-6-8-25(48-14-27(45-47-48)36(39,40)41)21(12-17)16-10-26-22-13-23(22)30(49(26)28(51)11-16)32-42-29(31(38)43-32)15-5-7-20-24(9-15)44-46-33(20)50-34(52)18-3-1-2-4-19(18)35(50)53/h1-12,14,22-23,30H,13H2,(H,42,43)(H,44,46)/t22-,23?,30+/m1/s1. The van der Waals surface area contributed by atoms with Crippen LogP contribution >= 0.6 is 11.6 Å². The van der Waals surface area contributed by atoms with E-state index in [4.69, 9.17) is 11.6 Å². The molecule has 0 radical (unpaired) electrons. The number of anilines is 1. The lowest BCUT2D eigenvalue weighted by molar-refractivity contribution is -0.141. The molecule has 2 N–H and O–H groups in total. The van der Waals surface area contributed by atoms with E-state index >= 15 is 4.39 Å². The molecule has 1 aliphatic carbocycles. The number of nitrogens with zero attached hydrogens (tertiary/aromatic N) is 7. The maximum atomic E-state index is 15.6. The molecule has 17 heteroatoms. The van der Waals surface area contributed by atoms with Crippen LogP contribution < -0.4 is 10.5 Å². The van der Waals surface area contributed by atoms with E-state index in [-0.39, 0.29) is 46.0 Å². The third-order valence-corrected chi connectivity index (χ3v) is 10.3. The second-order valence-electron chi connectivity index (χ2n) is 13.1. The minimum Gasteiger partial charge on any atom is -0.338 e. The summed E-state index contributed by atoms with van der Waals surface area (Å²) < 4.78 is 58.1. The molecule has 0 saturated heterocycles. The average Bonchev–Trinajstić information content (AvgIpc) is 3.57. The number of halogens is 5. The van der Waals surface area contributed by atoms with Crippen LogP contribution in [0.1, 0.15) is 56.3 Å². The molecule has 3 atom stereocenters. The van der Waals surface area contributed by atoms with Crippen molar-refractivity contribution >= 4 is 40.1 Å². The maximum Gasteiger partial charge on any atom is 0.436 e. The number of rotatable bonds is 5. The first-order chi connectivity index (χ1) is 25.5. The number of nitrogens with one attached hydrogen (secondary N) is 2. The lowest BCUT2D eigenvalue weighted by Gasteiger charge is -2.18. The van der Waals surface area contributed by atoms with E-state index in [1.54, 1.807) is 59.2 Å². The fraction of sp³-hybridized carbons (Fsp3) is 0.139. The Kier molecular flexibility index (Phi) is 6.38. The number of imidazole rings is 1. The molecule has 0 bridgehead atoms. The molecule has 4 aromatic heterocycles. The number of pyridine rings is 1. The van der Waals surface area contributed by atoms with Gasteiger partial charge in [-0.05, 0) is 66.4 Å². The van der Waals surface area contributed by atoms with Gasteiger partial charge in [-0.1, -0.05) is 35.0 Å². The summed E-state index contributed by atoms with van der Waals surface area (Å²) in [4.78, 5) is 48.3. The molecule has 10 rings (SSSR count). The monoisotopic (exact) mass is 737 g/mol. The van der Waals surface area contributed by atoms with Crippen LogP contribution in [0.5, 0.6) is 0 Å². The SMILES string of the molecule is O=C1c2ccccc2C(=O)N1c1n[nH]c2cc(-c3[nH]c([C@@H]4C5C[C@H]5c5cc(-c6cc(Cl)ccc6-n6cc(C(F)(F)F)nn6)cc(=O)n54)nc3F)ccc12. The Hall–Kier alpha value is -6.42. The average molecular weight is 738 g/mol. The smallest absolute Gasteiger partial charge is 0.338 e. The number of hydrogen-bond acceptors (Lipinski definition) is 7. The van der Waals surface area contributed by atoms with Gasteiger partial charge in [-0.25, -0.2) is 14.6 Å². The summed E-state index contributed by atoms with van der Waals surface area (Å²) in [5.74, 6) is -1.47. The van der Waals surface area contributed by atoms with Gasteiger partial charge in [0, 0.05) is 39.2 Å². The van der Waals surface area contributed by atoms with Gasteiger partial charge in [0.15, 0.2) is 11.5 Å². The first-order valence-electron chi connectivity index (χ1n) is 16.2. The topological polar surface area (TPSA) is 147 Å². The van der Waals surface area contributed by atoms with Gasteiger partial charge in [0.1, 0.15) is 11.5 Å². The molecule has 0 spiro atoms. The predicted molar refractivity (Wildman–Crippen MR) is 181 cm³/mol. The maximum absolute atomic E-state index is 15.6. The largest absolute Gasteiger partial charge is 0.436 e.